The molecule has 1 aromatic carbocycles. The van der Waals surface area contributed by atoms with Gasteiger partial charge in [0.1, 0.15) is 17.4 Å². The van der Waals surface area contributed by atoms with E-state index >= 15 is 0 Å². The van der Waals surface area contributed by atoms with Crippen molar-refractivity contribution in [3.63, 3.8) is 0 Å². The number of carboxylic acids is 1. The third kappa shape index (κ3) is 2.48. The second-order valence-electron chi connectivity index (χ2n) is 3.88. The van der Waals surface area contributed by atoms with Gasteiger partial charge in [-0.15, -0.1) is 0 Å². The fraction of sp³-hybridized carbons (Fsp3) is 0.250. The molecule has 0 unspecified atom stereocenters. The summed E-state index contributed by atoms with van der Waals surface area (Å²) in [5.74, 6) is -2.04. The number of carbonyl (C=O) groups is 3. The molecule has 0 aromatic heterocycles. The summed E-state index contributed by atoms with van der Waals surface area (Å²) in [6.07, 6.45) is 0.646. The largest absolute Gasteiger partial charge is 0.478 e. The van der Waals surface area contributed by atoms with E-state index in [1.54, 1.807) is 6.07 Å². The highest BCUT2D eigenvalue weighted by Gasteiger charge is 2.29. The van der Waals surface area contributed by atoms with Gasteiger partial charge >= 0.3 is 11.9 Å². The van der Waals surface area contributed by atoms with E-state index in [1.165, 1.54) is 18.2 Å². The number of nitrogens with one attached hydrogen (secondary N) is 1. The topological polar surface area (TPSA) is 92.7 Å². The summed E-state index contributed by atoms with van der Waals surface area (Å²) in [6.45, 7) is 0. The number of amides is 1. The van der Waals surface area contributed by atoms with Gasteiger partial charge in [0.2, 0.25) is 5.91 Å². The van der Waals surface area contributed by atoms with Crippen molar-refractivity contribution in [3.8, 4) is 5.75 Å². The predicted octanol–water partition coefficient (Wildman–Crippen LogP) is 0.569. The smallest absolute Gasteiger partial charge is 0.339 e. The lowest BCUT2D eigenvalue weighted by Gasteiger charge is -2.11. The molecule has 1 atom stereocenters. The quantitative estimate of drug-likeness (QED) is 0.603. The summed E-state index contributed by atoms with van der Waals surface area (Å²) in [5, 5.41) is 11.4. The predicted molar refractivity (Wildman–Crippen MR) is 60.2 cm³/mol. The van der Waals surface area contributed by atoms with Gasteiger partial charge in [-0.3, -0.25) is 4.79 Å². The second kappa shape index (κ2) is 4.87. The molecule has 1 aromatic rings. The highest BCUT2D eigenvalue weighted by Crippen LogP contribution is 2.19. The summed E-state index contributed by atoms with van der Waals surface area (Å²) in [7, 11) is 0. The molecule has 1 saturated heterocycles. The number of aromatic carboxylic acids is 1. The molecule has 2 N–H and O–H groups in total. The van der Waals surface area contributed by atoms with Crippen LogP contribution in [0.5, 0.6) is 5.75 Å². The molecule has 2 rings (SSSR count). The number of benzene rings is 1. The molecule has 0 saturated carbocycles. The van der Waals surface area contributed by atoms with E-state index < -0.39 is 18.0 Å². The van der Waals surface area contributed by atoms with Crippen molar-refractivity contribution in [2.45, 2.75) is 18.9 Å². The van der Waals surface area contributed by atoms with Crippen LogP contribution < -0.4 is 10.1 Å². The molecule has 94 valence electrons. The lowest BCUT2D eigenvalue weighted by Crippen LogP contribution is -2.36. The summed E-state index contributed by atoms with van der Waals surface area (Å²) >= 11 is 0. The van der Waals surface area contributed by atoms with Gasteiger partial charge in [0.05, 0.1) is 0 Å². The molecule has 6 nitrogen and oxygen atoms in total. The normalized spacial score (nSPS) is 18.2. The number of ether oxygens (including phenoxy) is 1. The summed E-state index contributed by atoms with van der Waals surface area (Å²) < 4.78 is 5.00. The average molecular weight is 249 g/mol. The Morgan fingerprint density at radius 2 is 2.06 bits per heavy atom. The summed E-state index contributed by atoms with van der Waals surface area (Å²) in [6, 6.07) is 5.16. The number of esters is 1. The van der Waals surface area contributed by atoms with Crippen LogP contribution >= 0.6 is 0 Å². The molecule has 0 spiro atoms. The van der Waals surface area contributed by atoms with Crippen LogP contribution in [0.2, 0.25) is 0 Å². The third-order valence-electron chi connectivity index (χ3n) is 2.61. The molecule has 1 heterocycles. The minimum Gasteiger partial charge on any atom is -0.478 e. The van der Waals surface area contributed by atoms with Gasteiger partial charge in [0.25, 0.3) is 0 Å². The van der Waals surface area contributed by atoms with Crippen LogP contribution in [0, 0.1) is 0 Å². The van der Waals surface area contributed by atoms with Gasteiger partial charge in [0.15, 0.2) is 0 Å². The standard InChI is InChI=1S/C12H11NO5/c14-10-6-5-8(13-10)12(17)18-9-4-2-1-3-7(9)11(15)16/h1-4,8H,5-6H2,(H,13,14)(H,15,16)/t8-/m1/s1. The monoisotopic (exact) mass is 249 g/mol. The number of carboxylic acid groups (broad SMARTS) is 1. The number of carbonyl (C=O) groups excluding carboxylic acids is 2. The van der Waals surface area contributed by atoms with Crippen LogP contribution in [0.15, 0.2) is 24.3 Å². The van der Waals surface area contributed by atoms with Crippen LogP contribution in [-0.4, -0.2) is 29.0 Å². The Hall–Kier alpha value is -2.37. The van der Waals surface area contributed by atoms with E-state index in [1.807, 2.05) is 0 Å². The maximum Gasteiger partial charge on any atom is 0.339 e. The lowest BCUT2D eigenvalue weighted by molar-refractivity contribution is -0.137. The van der Waals surface area contributed by atoms with Crippen molar-refractivity contribution in [3.05, 3.63) is 29.8 Å². The van der Waals surface area contributed by atoms with E-state index in [4.69, 9.17) is 9.84 Å². The zero-order valence-electron chi connectivity index (χ0n) is 9.38. The first-order chi connectivity index (χ1) is 8.58. The van der Waals surface area contributed by atoms with Crippen molar-refractivity contribution >= 4 is 17.8 Å². The summed E-state index contributed by atoms with van der Waals surface area (Å²) in [4.78, 5) is 33.6. The Morgan fingerprint density at radius 3 is 2.67 bits per heavy atom. The Kier molecular flexibility index (Phi) is 3.27. The van der Waals surface area contributed by atoms with Gasteiger partial charge < -0.3 is 15.2 Å². The van der Waals surface area contributed by atoms with Crippen LogP contribution in [0.25, 0.3) is 0 Å². The number of hydrogen-bond donors (Lipinski definition) is 2. The molecule has 0 radical (unpaired) electrons. The first-order valence-corrected chi connectivity index (χ1v) is 5.41. The van der Waals surface area contributed by atoms with Gasteiger partial charge in [-0.05, 0) is 18.6 Å². The molecule has 6 heteroatoms. The molecule has 18 heavy (non-hydrogen) atoms. The molecule has 1 aliphatic rings. The van der Waals surface area contributed by atoms with E-state index in [-0.39, 0.29) is 23.6 Å². The average Bonchev–Trinajstić information content (AvgIpc) is 2.76. The molecular formula is C12H11NO5. The maximum atomic E-state index is 11.7. The lowest BCUT2D eigenvalue weighted by atomic mass is 10.2. The Labute approximate surface area is 103 Å². The molecule has 1 fully saturated rings. The number of hydrogen-bond acceptors (Lipinski definition) is 4. The van der Waals surface area contributed by atoms with E-state index in [0.29, 0.717) is 6.42 Å². The zero-order chi connectivity index (χ0) is 13.1. The first-order valence-electron chi connectivity index (χ1n) is 5.41. The molecular weight excluding hydrogens is 238 g/mol. The number of rotatable bonds is 3. The molecule has 1 amide bonds. The molecule has 0 aliphatic carbocycles. The fourth-order valence-electron chi connectivity index (χ4n) is 1.70. The number of para-hydroxylation sites is 1. The first kappa shape index (κ1) is 12.1. The zero-order valence-corrected chi connectivity index (χ0v) is 9.38. The Bertz CT molecular complexity index is 511. The van der Waals surface area contributed by atoms with Crippen molar-refractivity contribution < 1.29 is 24.2 Å². The van der Waals surface area contributed by atoms with Gasteiger partial charge in [0, 0.05) is 6.42 Å². The van der Waals surface area contributed by atoms with Crippen molar-refractivity contribution in [1.82, 2.24) is 5.32 Å². The Morgan fingerprint density at radius 1 is 1.33 bits per heavy atom. The minimum atomic E-state index is -1.17. The van der Waals surface area contributed by atoms with E-state index in [0.717, 1.165) is 0 Å². The SMILES string of the molecule is O=C1CC[C@H](C(=O)Oc2ccccc2C(=O)O)N1. The highest BCUT2D eigenvalue weighted by molar-refractivity contribution is 5.93. The van der Waals surface area contributed by atoms with Crippen LogP contribution in [0.1, 0.15) is 23.2 Å². The van der Waals surface area contributed by atoms with Crippen LogP contribution in [0.4, 0.5) is 0 Å². The van der Waals surface area contributed by atoms with Gasteiger partial charge in [-0.2, -0.15) is 0 Å². The van der Waals surface area contributed by atoms with E-state index in [2.05, 4.69) is 5.32 Å². The second-order valence-corrected chi connectivity index (χ2v) is 3.88. The maximum absolute atomic E-state index is 11.7. The highest BCUT2D eigenvalue weighted by atomic mass is 16.5. The van der Waals surface area contributed by atoms with Crippen LogP contribution in [-0.2, 0) is 9.59 Å². The van der Waals surface area contributed by atoms with Crippen molar-refractivity contribution in [1.29, 1.82) is 0 Å². The van der Waals surface area contributed by atoms with Gasteiger partial charge in [-0.25, -0.2) is 9.59 Å². The third-order valence-corrected chi connectivity index (χ3v) is 2.61. The van der Waals surface area contributed by atoms with E-state index in [9.17, 15) is 14.4 Å². The minimum absolute atomic E-state index is 0.0175. The molecule has 1 aliphatic heterocycles. The van der Waals surface area contributed by atoms with Crippen molar-refractivity contribution in [2.75, 3.05) is 0 Å². The Balaban J connectivity index is 2.12. The van der Waals surface area contributed by atoms with Crippen molar-refractivity contribution in [2.24, 2.45) is 0 Å². The van der Waals surface area contributed by atoms with Gasteiger partial charge in [-0.1, -0.05) is 12.1 Å². The molecule has 0 bridgehead atoms. The van der Waals surface area contributed by atoms with Crippen LogP contribution in [0.3, 0.4) is 0 Å². The fourth-order valence-corrected chi connectivity index (χ4v) is 1.70. The summed E-state index contributed by atoms with van der Waals surface area (Å²) in [5.41, 5.74) is -0.0878.